The molecular formula is C32H50BrFN4O3. The van der Waals surface area contributed by atoms with Gasteiger partial charge in [0.25, 0.3) is 0 Å². The van der Waals surface area contributed by atoms with Gasteiger partial charge in [0.15, 0.2) is 0 Å². The van der Waals surface area contributed by atoms with Gasteiger partial charge in [-0.3, -0.25) is 18.8 Å². The number of aryl methyl sites for hydroxylation is 2. The van der Waals surface area contributed by atoms with Gasteiger partial charge in [-0.25, -0.2) is 0 Å². The number of H-pyrrole nitrogens is 1. The lowest BCUT2D eigenvalue weighted by Crippen LogP contribution is -2.06. The number of nitrogens with two attached hydrogens (primary N) is 1. The summed E-state index contributed by atoms with van der Waals surface area (Å²) in [6, 6.07) is 9.70. The van der Waals surface area contributed by atoms with Crippen molar-refractivity contribution in [3.8, 4) is 0 Å². The zero-order chi connectivity index (χ0) is 32.0. The van der Waals surface area contributed by atoms with E-state index in [1.807, 2.05) is 25.1 Å². The highest BCUT2D eigenvalue weighted by Gasteiger charge is 2.15. The summed E-state index contributed by atoms with van der Waals surface area (Å²) in [7, 11) is -1.00. The number of halogens is 2. The number of aromatic nitrogens is 1. The molecule has 0 radical (unpaired) electrons. The maximum atomic E-state index is 11.3. The summed E-state index contributed by atoms with van der Waals surface area (Å²) in [5.74, 6) is 0.918. The fourth-order valence-corrected chi connectivity index (χ4v) is 3.77. The monoisotopic (exact) mass is 637 g/mol. The van der Waals surface area contributed by atoms with Crippen molar-refractivity contribution in [3.63, 3.8) is 0 Å². The fraction of sp³-hybridized carbons (Fsp3) is 0.469. The maximum absolute atomic E-state index is 11.3. The first-order valence-electron chi connectivity index (χ1n) is 13.7. The molecule has 0 aliphatic rings. The van der Waals surface area contributed by atoms with Crippen LogP contribution in [0.4, 0.5) is 21.5 Å². The van der Waals surface area contributed by atoms with Crippen molar-refractivity contribution in [1.29, 1.82) is 0 Å². The summed E-state index contributed by atoms with van der Waals surface area (Å²) in [6.07, 6.45) is 0. The summed E-state index contributed by atoms with van der Waals surface area (Å²) >= 11 is 3.09. The molecule has 0 aliphatic heterocycles. The Labute approximate surface area is 255 Å². The van der Waals surface area contributed by atoms with Crippen molar-refractivity contribution < 1.29 is 20.1 Å². The maximum Gasteiger partial charge on any atom is 0.221 e. The van der Waals surface area contributed by atoms with Gasteiger partial charge in [-0.15, -0.1) is 0 Å². The molecule has 3 aromatic rings. The van der Waals surface area contributed by atoms with E-state index in [4.69, 9.17) is 7.10 Å². The van der Waals surface area contributed by atoms with Gasteiger partial charge in [0.05, 0.1) is 24.6 Å². The first kappa shape index (κ1) is 37.8. The van der Waals surface area contributed by atoms with Gasteiger partial charge in [0.1, 0.15) is 5.78 Å². The first-order valence-corrected chi connectivity index (χ1v) is 14.0. The number of hydrogen-bond donors (Lipinski definition) is 4. The second-order valence-electron chi connectivity index (χ2n) is 10.1. The largest absolute Gasteiger partial charge is 0.398 e. The Bertz CT molecular complexity index is 1310. The molecule has 41 heavy (non-hydrogen) atoms. The van der Waals surface area contributed by atoms with E-state index in [1.54, 1.807) is 13.0 Å². The minimum atomic E-state index is -1.00. The Hall–Kier alpha value is -3.20. The molecule has 0 bridgehead atoms. The number of alkyl halides is 2. The summed E-state index contributed by atoms with van der Waals surface area (Å²) in [5, 5.41) is 6.74. The van der Waals surface area contributed by atoms with Crippen LogP contribution in [-0.2, 0) is 14.4 Å². The smallest absolute Gasteiger partial charge is 0.221 e. The van der Waals surface area contributed by atoms with Gasteiger partial charge >= 0.3 is 0 Å². The Morgan fingerprint density at radius 1 is 0.927 bits per heavy atom. The molecule has 1 heterocycles. The minimum absolute atomic E-state index is 0. The van der Waals surface area contributed by atoms with E-state index in [-0.39, 0.29) is 29.9 Å². The number of ketones is 1. The predicted octanol–water partition coefficient (Wildman–Crippen LogP) is 8.80. The summed E-state index contributed by atoms with van der Waals surface area (Å²) in [4.78, 5) is 35.6. The zero-order valence-electron chi connectivity index (χ0n) is 26.4. The van der Waals surface area contributed by atoms with Gasteiger partial charge in [-0.1, -0.05) is 63.2 Å². The third kappa shape index (κ3) is 12.9. The zero-order valence-corrected chi connectivity index (χ0v) is 27.0. The molecule has 7 nitrogen and oxygen atoms in total. The average molecular weight is 639 g/mol. The van der Waals surface area contributed by atoms with Crippen LogP contribution in [0.25, 0.3) is 10.9 Å². The molecule has 0 saturated heterocycles. The lowest BCUT2D eigenvalue weighted by molar-refractivity contribution is -0.116. The van der Waals surface area contributed by atoms with Crippen molar-refractivity contribution in [3.05, 3.63) is 52.7 Å². The SMILES string of the molecule is C.CC(=O)C(C)Br.CC(=O)Nc1ccc(C(C)C)c(N)c1.CC(=O)Nc1ccc(C(C)C)c2[nH]c(C)c(C)c12.[2H]CF. The molecule has 230 valence electrons. The Morgan fingerprint density at radius 2 is 1.39 bits per heavy atom. The van der Waals surface area contributed by atoms with Crippen LogP contribution >= 0.6 is 15.9 Å². The van der Waals surface area contributed by atoms with E-state index in [0.717, 1.165) is 39.2 Å². The summed E-state index contributed by atoms with van der Waals surface area (Å²) < 4.78 is 15.5. The van der Waals surface area contributed by atoms with Crippen LogP contribution in [-0.4, -0.2) is 34.6 Å². The molecule has 0 saturated carbocycles. The number of nitrogen functional groups attached to an aromatic ring is 1. The van der Waals surface area contributed by atoms with Crippen molar-refractivity contribution in [2.24, 2.45) is 0 Å². The number of hydrogen-bond acceptors (Lipinski definition) is 4. The van der Waals surface area contributed by atoms with Crippen molar-refractivity contribution in [2.75, 3.05) is 23.5 Å². The first-order chi connectivity index (χ1) is 19.0. The lowest BCUT2D eigenvalue weighted by Gasteiger charge is -2.11. The molecule has 5 N–H and O–H groups in total. The van der Waals surface area contributed by atoms with Crippen LogP contribution < -0.4 is 16.4 Å². The van der Waals surface area contributed by atoms with E-state index in [0.29, 0.717) is 11.8 Å². The number of amides is 2. The van der Waals surface area contributed by atoms with Crippen LogP contribution in [0, 0.1) is 13.8 Å². The topological polar surface area (TPSA) is 117 Å². The number of carbonyl (C=O) groups excluding carboxylic acids is 3. The number of rotatable bonds is 5. The molecule has 0 spiro atoms. The van der Waals surface area contributed by atoms with Crippen LogP contribution in [0.2, 0.25) is 0 Å². The minimum Gasteiger partial charge on any atom is -0.398 e. The number of nitrogens with one attached hydrogen (secondary N) is 3. The van der Waals surface area contributed by atoms with Crippen molar-refractivity contribution in [1.82, 2.24) is 4.98 Å². The van der Waals surface area contributed by atoms with Gasteiger partial charge < -0.3 is 21.4 Å². The number of fused-ring (bicyclic) bond motifs is 1. The van der Waals surface area contributed by atoms with E-state index in [9.17, 15) is 18.8 Å². The standard InChI is InChI=1S/C15H20N2O.C11H16N2O.C4H7BrO.CH3F.CH4/c1-8(2)12-6-7-13(17-11(5)18)14-9(3)10(4)16-15(12)14;1-7(2)10-5-4-9(6-11(10)12)13-8(3)14;1-3(5)4(2)6;1-2;/h6-8,16H,1-5H3,(H,17,18);4-7H,12H2,1-3H3,(H,13,14);3H,1-2H3;1H3;1H4/i;;;1D;. The Morgan fingerprint density at radius 3 is 1.78 bits per heavy atom. The highest BCUT2D eigenvalue weighted by Crippen LogP contribution is 2.34. The lowest BCUT2D eigenvalue weighted by atomic mass is 9.98. The molecule has 2 amide bonds. The third-order valence-electron chi connectivity index (χ3n) is 6.01. The third-order valence-corrected chi connectivity index (χ3v) is 6.65. The fourth-order valence-electron chi connectivity index (χ4n) is 3.77. The van der Waals surface area contributed by atoms with E-state index < -0.39 is 7.15 Å². The van der Waals surface area contributed by atoms with Gasteiger partial charge in [0.2, 0.25) is 11.8 Å². The molecule has 0 fully saturated rings. The molecule has 2 aromatic carbocycles. The molecule has 1 aromatic heterocycles. The second kappa shape index (κ2) is 19.0. The molecule has 9 heteroatoms. The van der Waals surface area contributed by atoms with Gasteiger partial charge in [-0.2, -0.15) is 0 Å². The number of Topliss-reactive ketones (excluding diaryl/α,β-unsaturated/α-hetero) is 1. The number of aromatic amines is 1. The van der Waals surface area contributed by atoms with E-state index in [2.05, 4.69) is 79.2 Å². The molecular weight excluding hydrogens is 587 g/mol. The van der Waals surface area contributed by atoms with Crippen LogP contribution in [0.1, 0.15) is 98.4 Å². The van der Waals surface area contributed by atoms with Crippen molar-refractivity contribution in [2.45, 2.75) is 93.3 Å². The normalized spacial score (nSPS) is 10.9. The van der Waals surface area contributed by atoms with Crippen LogP contribution in [0.15, 0.2) is 30.3 Å². The van der Waals surface area contributed by atoms with Crippen LogP contribution in [0.5, 0.6) is 0 Å². The van der Waals surface area contributed by atoms with Gasteiger partial charge in [-0.05, 0) is 74.4 Å². The Balaban J connectivity index is 0. The highest BCUT2D eigenvalue weighted by molar-refractivity contribution is 9.10. The Kier molecular flexibility index (Phi) is 17.5. The highest BCUT2D eigenvalue weighted by atomic mass is 79.9. The van der Waals surface area contributed by atoms with E-state index in [1.165, 1.54) is 25.0 Å². The molecule has 3 rings (SSSR count). The summed E-state index contributed by atoms with van der Waals surface area (Å²) in [5.41, 5.74) is 14.1. The number of carbonyl (C=O) groups is 3. The molecule has 1 unspecified atom stereocenters. The number of anilines is 3. The molecule has 0 aliphatic carbocycles. The van der Waals surface area contributed by atoms with Crippen LogP contribution in [0.3, 0.4) is 0 Å². The number of benzene rings is 2. The predicted molar refractivity (Wildman–Crippen MR) is 178 cm³/mol. The second-order valence-corrected chi connectivity index (χ2v) is 11.4. The van der Waals surface area contributed by atoms with Crippen molar-refractivity contribution >= 4 is 61.5 Å². The summed E-state index contributed by atoms with van der Waals surface area (Å²) in [6.45, 7) is 19.1. The van der Waals surface area contributed by atoms with Gasteiger partial charge in [0, 0.05) is 36.3 Å². The molecule has 1 atom stereocenters. The van der Waals surface area contributed by atoms with E-state index >= 15 is 0 Å². The average Bonchev–Trinajstić information content (AvgIpc) is 3.14. The quantitative estimate of drug-likeness (QED) is 0.165.